The fourth-order valence-corrected chi connectivity index (χ4v) is 3.10. The second-order valence-corrected chi connectivity index (χ2v) is 8.21. The fraction of sp³-hybridized carbons (Fsp3) is 0.556. The van der Waals surface area contributed by atoms with Crippen LogP contribution in [0.3, 0.4) is 0 Å². The summed E-state index contributed by atoms with van der Waals surface area (Å²) in [6.45, 7) is 9.04. The van der Waals surface area contributed by atoms with Crippen molar-refractivity contribution in [2.24, 2.45) is 0 Å². The molecule has 0 aromatic carbocycles. The van der Waals surface area contributed by atoms with Crippen molar-refractivity contribution in [3.8, 4) is 6.01 Å². The van der Waals surface area contributed by atoms with Crippen LogP contribution in [0.1, 0.15) is 33.4 Å². The maximum Gasteiger partial charge on any atom is 0.496 e. The lowest BCUT2D eigenvalue weighted by Crippen LogP contribution is -2.41. The van der Waals surface area contributed by atoms with Crippen molar-refractivity contribution in [2.75, 3.05) is 6.61 Å². The van der Waals surface area contributed by atoms with E-state index in [1.807, 2.05) is 39.8 Å². The van der Waals surface area contributed by atoms with Gasteiger partial charge in [-0.3, -0.25) is 9.55 Å². The highest BCUT2D eigenvalue weighted by atomic mass is 16.7. The highest BCUT2D eigenvalue weighted by Gasteiger charge is 2.51. The van der Waals surface area contributed by atoms with Crippen LogP contribution in [-0.4, -0.2) is 50.5 Å². The standard InChI is InChI=1S/C18H23BN4O6/c1-17(2)18(3,4)29-19(28-17)12-5-6-13(20-7-12)10-26-14-8-22-9-15(23(24)25)21-16(22)27-11-14/h5-7,9,14H,8,10-11H2,1-4H3/t14-/m0/s1. The van der Waals surface area contributed by atoms with E-state index in [0.29, 0.717) is 13.2 Å². The zero-order valence-electron chi connectivity index (χ0n) is 16.8. The SMILES string of the molecule is CC1(C)OB(c2ccc(CO[C@@H]3COc4nc([N+](=O)[O-])cn4C3)nc2)OC1(C)C. The molecule has 4 rings (SSSR count). The van der Waals surface area contributed by atoms with Gasteiger partial charge in [0, 0.05) is 16.6 Å². The molecule has 1 saturated heterocycles. The van der Waals surface area contributed by atoms with Gasteiger partial charge >= 0.3 is 18.9 Å². The maximum absolute atomic E-state index is 10.8. The summed E-state index contributed by atoms with van der Waals surface area (Å²) in [4.78, 5) is 18.5. The van der Waals surface area contributed by atoms with Crippen LogP contribution >= 0.6 is 0 Å². The monoisotopic (exact) mass is 402 g/mol. The zero-order chi connectivity index (χ0) is 20.8. The molecule has 2 aliphatic heterocycles. The Kier molecular flexibility index (Phi) is 4.84. The number of nitrogens with zero attached hydrogens (tertiary/aromatic N) is 4. The van der Waals surface area contributed by atoms with Crippen molar-refractivity contribution in [3.05, 3.63) is 40.3 Å². The van der Waals surface area contributed by atoms with Gasteiger partial charge in [-0.1, -0.05) is 6.07 Å². The summed E-state index contributed by atoms with van der Waals surface area (Å²) in [5.74, 6) is -0.236. The number of fused-ring (bicyclic) bond motifs is 1. The number of aromatic nitrogens is 3. The van der Waals surface area contributed by atoms with Crippen LogP contribution in [0.2, 0.25) is 0 Å². The Morgan fingerprint density at radius 1 is 1.31 bits per heavy atom. The van der Waals surface area contributed by atoms with Crippen molar-refractivity contribution < 1.29 is 23.7 Å². The first-order chi connectivity index (χ1) is 13.6. The summed E-state index contributed by atoms with van der Waals surface area (Å²) < 4.78 is 25.0. The topological polar surface area (TPSA) is 111 Å². The summed E-state index contributed by atoms with van der Waals surface area (Å²) in [5, 5.41) is 10.8. The minimum absolute atomic E-state index is 0.236. The molecule has 2 aliphatic rings. The summed E-state index contributed by atoms with van der Waals surface area (Å²) in [5.41, 5.74) is 0.806. The maximum atomic E-state index is 10.8. The van der Waals surface area contributed by atoms with Crippen molar-refractivity contribution in [3.63, 3.8) is 0 Å². The van der Waals surface area contributed by atoms with Crippen molar-refractivity contribution in [1.29, 1.82) is 0 Å². The average molecular weight is 402 g/mol. The molecule has 4 heterocycles. The zero-order valence-corrected chi connectivity index (χ0v) is 16.8. The number of hydrogen-bond donors (Lipinski definition) is 0. The minimum atomic E-state index is -0.546. The molecule has 154 valence electrons. The van der Waals surface area contributed by atoms with Crippen LogP contribution in [-0.2, 0) is 27.2 Å². The lowest BCUT2D eigenvalue weighted by atomic mass is 9.80. The second-order valence-electron chi connectivity index (χ2n) is 8.21. The number of ether oxygens (including phenoxy) is 2. The summed E-state index contributed by atoms with van der Waals surface area (Å²) in [6, 6.07) is 4.03. The van der Waals surface area contributed by atoms with Gasteiger partial charge in [-0.15, -0.1) is 0 Å². The number of pyridine rings is 1. The van der Waals surface area contributed by atoms with E-state index in [-0.39, 0.29) is 24.5 Å². The highest BCUT2D eigenvalue weighted by Crippen LogP contribution is 2.36. The normalized spacial score (nSPS) is 22.2. The van der Waals surface area contributed by atoms with E-state index in [1.54, 1.807) is 10.8 Å². The molecule has 2 aromatic heterocycles. The van der Waals surface area contributed by atoms with Crippen LogP contribution in [0.5, 0.6) is 6.01 Å². The quantitative estimate of drug-likeness (QED) is 0.420. The Morgan fingerprint density at radius 2 is 2.03 bits per heavy atom. The van der Waals surface area contributed by atoms with Gasteiger partial charge in [0.1, 0.15) is 18.9 Å². The molecular formula is C18H23BN4O6. The lowest BCUT2D eigenvalue weighted by molar-refractivity contribution is -0.389. The summed E-state index contributed by atoms with van der Waals surface area (Å²) in [6.07, 6.45) is 2.83. The molecule has 10 nitrogen and oxygen atoms in total. The molecule has 0 aliphatic carbocycles. The van der Waals surface area contributed by atoms with Crippen molar-refractivity contribution in [2.45, 2.75) is 58.2 Å². The third-order valence-electron chi connectivity index (χ3n) is 5.55. The molecule has 1 atom stereocenters. The van der Waals surface area contributed by atoms with E-state index in [2.05, 4.69) is 9.97 Å². The first kappa shape index (κ1) is 19.8. The first-order valence-corrected chi connectivity index (χ1v) is 9.41. The van der Waals surface area contributed by atoms with Gasteiger partial charge in [0.2, 0.25) is 0 Å². The third kappa shape index (κ3) is 3.85. The van der Waals surface area contributed by atoms with Crippen LogP contribution < -0.4 is 10.2 Å². The van der Waals surface area contributed by atoms with Crippen LogP contribution in [0.15, 0.2) is 24.5 Å². The van der Waals surface area contributed by atoms with Crippen molar-refractivity contribution in [1.82, 2.24) is 14.5 Å². The molecule has 0 spiro atoms. The smallest absolute Gasteiger partial charge is 0.443 e. The molecule has 0 amide bonds. The number of imidazole rings is 1. The second kappa shape index (κ2) is 7.08. The summed E-state index contributed by atoms with van der Waals surface area (Å²) in [7, 11) is -0.454. The number of nitro groups is 1. The number of rotatable bonds is 5. The molecule has 2 aromatic rings. The van der Waals surface area contributed by atoms with E-state index >= 15 is 0 Å². The van der Waals surface area contributed by atoms with Gasteiger partial charge in [-0.2, -0.15) is 0 Å². The van der Waals surface area contributed by atoms with E-state index in [0.717, 1.165) is 11.2 Å². The molecular weight excluding hydrogens is 379 g/mol. The van der Waals surface area contributed by atoms with Gasteiger partial charge in [0.25, 0.3) is 0 Å². The predicted octanol–water partition coefficient (Wildman–Crippen LogP) is 1.46. The fourth-order valence-electron chi connectivity index (χ4n) is 3.10. The molecule has 0 N–H and O–H groups in total. The van der Waals surface area contributed by atoms with Crippen LogP contribution in [0, 0.1) is 10.1 Å². The molecule has 0 unspecified atom stereocenters. The first-order valence-electron chi connectivity index (χ1n) is 9.41. The van der Waals surface area contributed by atoms with Gasteiger partial charge < -0.3 is 28.9 Å². The molecule has 1 fully saturated rings. The highest BCUT2D eigenvalue weighted by molar-refractivity contribution is 6.62. The summed E-state index contributed by atoms with van der Waals surface area (Å²) >= 11 is 0. The van der Waals surface area contributed by atoms with E-state index in [9.17, 15) is 10.1 Å². The molecule has 0 radical (unpaired) electrons. The van der Waals surface area contributed by atoms with Gasteiger partial charge in [-0.05, 0) is 38.7 Å². The Labute approximate surface area is 168 Å². The Bertz CT molecular complexity index is 898. The lowest BCUT2D eigenvalue weighted by Gasteiger charge is -2.32. The van der Waals surface area contributed by atoms with Crippen LogP contribution in [0.4, 0.5) is 5.82 Å². The van der Waals surface area contributed by atoms with Crippen LogP contribution in [0.25, 0.3) is 0 Å². The predicted molar refractivity (Wildman–Crippen MR) is 103 cm³/mol. The van der Waals surface area contributed by atoms with Gasteiger partial charge in [0.05, 0.1) is 30.0 Å². The third-order valence-corrected chi connectivity index (χ3v) is 5.55. The molecule has 0 saturated carbocycles. The molecule has 0 bridgehead atoms. The van der Waals surface area contributed by atoms with Gasteiger partial charge in [0.15, 0.2) is 0 Å². The average Bonchev–Trinajstić information content (AvgIpc) is 3.18. The van der Waals surface area contributed by atoms with E-state index in [1.165, 1.54) is 6.20 Å². The Balaban J connectivity index is 1.34. The van der Waals surface area contributed by atoms with E-state index in [4.69, 9.17) is 18.8 Å². The Morgan fingerprint density at radius 3 is 2.66 bits per heavy atom. The number of hydrogen-bond acceptors (Lipinski definition) is 8. The van der Waals surface area contributed by atoms with Gasteiger partial charge in [-0.25, -0.2) is 0 Å². The molecule has 11 heteroatoms. The minimum Gasteiger partial charge on any atom is -0.443 e. The molecule has 29 heavy (non-hydrogen) atoms. The largest absolute Gasteiger partial charge is 0.496 e. The van der Waals surface area contributed by atoms with E-state index < -0.39 is 23.2 Å². The Hall–Kier alpha value is -2.50. The van der Waals surface area contributed by atoms with Crippen molar-refractivity contribution >= 4 is 18.4 Å².